The fraction of sp³-hybridized carbons (Fsp3) is 0.579. The number of para-hydroxylation sites is 1. The predicted molar refractivity (Wildman–Crippen MR) is 94.8 cm³/mol. The number of hydrogen-bond acceptors (Lipinski definition) is 4. The minimum atomic E-state index is -2.82. The zero-order valence-corrected chi connectivity index (χ0v) is 15.0. The number of rotatable bonds is 8. The molecule has 0 unspecified atom stereocenters. The summed E-state index contributed by atoms with van der Waals surface area (Å²) in [7, 11) is 0. The van der Waals surface area contributed by atoms with Crippen molar-refractivity contribution in [1.29, 1.82) is 0 Å². The van der Waals surface area contributed by atoms with Gasteiger partial charge in [0.25, 0.3) is 0 Å². The normalized spacial score (nSPS) is 19.2. The lowest BCUT2D eigenvalue weighted by Crippen LogP contribution is -2.53. The molecule has 1 aliphatic heterocycles. The van der Waals surface area contributed by atoms with Crippen LogP contribution in [0.1, 0.15) is 25.8 Å². The van der Waals surface area contributed by atoms with E-state index in [4.69, 9.17) is 0 Å². The van der Waals surface area contributed by atoms with E-state index in [9.17, 15) is 13.9 Å². The molecule has 1 aromatic rings. The maximum absolute atomic E-state index is 12.6. The molecule has 0 radical (unpaired) electrons. The molecule has 0 bridgehead atoms. The monoisotopic (exact) mass is 354 g/mol. The van der Waals surface area contributed by atoms with Crippen LogP contribution in [0.3, 0.4) is 0 Å². The molecule has 25 heavy (non-hydrogen) atoms. The van der Waals surface area contributed by atoms with E-state index < -0.39 is 6.61 Å². The Kier molecular flexibility index (Phi) is 7.81. The van der Waals surface area contributed by atoms with Gasteiger partial charge in [0.15, 0.2) is 0 Å². The number of alkyl halides is 2. The van der Waals surface area contributed by atoms with Gasteiger partial charge in [0.1, 0.15) is 5.75 Å². The minimum Gasteiger partial charge on any atom is -0.434 e. The van der Waals surface area contributed by atoms with Crippen LogP contribution in [-0.4, -0.2) is 60.3 Å². The van der Waals surface area contributed by atoms with Gasteiger partial charge in [-0.3, -0.25) is 9.80 Å². The maximum Gasteiger partial charge on any atom is 0.387 e. The van der Waals surface area contributed by atoms with Crippen LogP contribution in [0.2, 0.25) is 0 Å². The highest BCUT2D eigenvalue weighted by atomic mass is 19.3. The first-order chi connectivity index (χ1) is 12.0. The fourth-order valence-corrected chi connectivity index (χ4v) is 3.15. The highest BCUT2D eigenvalue weighted by molar-refractivity contribution is 5.33. The van der Waals surface area contributed by atoms with Gasteiger partial charge in [-0.05, 0) is 26.3 Å². The molecule has 140 valence electrons. The first kappa shape index (κ1) is 19.8. The Hall–Kier alpha value is -1.50. The summed E-state index contributed by atoms with van der Waals surface area (Å²) in [6.07, 6.45) is 2.91. The second kappa shape index (κ2) is 9.85. The molecular formula is C19H28F2N2O2. The van der Waals surface area contributed by atoms with Gasteiger partial charge in [0, 0.05) is 50.9 Å². The predicted octanol–water partition coefficient (Wildman–Crippen LogP) is 3.12. The van der Waals surface area contributed by atoms with E-state index in [1.54, 1.807) is 12.1 Å². The number of nitrogens with zero attached hydrogens (tertiary/aromatic N) is 2. The molecule has 4 nitrogen and oxygen atoms in total. The van der Waals surface area contributed by atoms with Crippen LogP contribution in [0.5, 0.6) is 5.75 Å². The molecule has 0 saturated carbocycles. The average molecular weight is 354 g/mol. The van der Waals surface area contributed by atoms with Gasteiger partial charge in [-0.2, -0.15) is 8.78 Å². The molecule has 2 rings (SSSR count). The lowest BCUT2D eigenvalue weighted by atomic mass is 10.1. The van der Waals surface area contributed by atoms with Crippen LogP contribution in [-0.2, 0) is 6.54 Å². The summed E-state index contributed by atoms with van der Waals surface area (Å²) in [5, 5.41) is 9.37. The molecule has 0 aliphatic carbocycles. The van der Waals surface area contributed by atoms with Gasteiger partial charge in [-0.1, -0.05) is 29.8 Å². The molecule has 1 heterocycles. The number of halogens is 2. The molecule has 1 fully saturated rings. The molecular weight excluding hydrogens is 326 g/mol. The Morgan fingerprint density at radius 1 is 1.32 bits per heavy atom. The zero-order chi connectivity index (χ0) is 18.2. The lowest BCUT2D eigenvalue weighted by Gasteiger charge is -2.41. The van der Waals surface area contributed by atoms with Crippen LogP contribution in [0.15, 0.2) is 35.9 Å². The number of hydrogen-bond donors (Lipinski definition) is 1. The number of piperazine rings is 1. The summed E-state index contributed by atoms with van der Waals surface area (Å²) in [5.41, 5.74) is 2.05. The Labute approximate surface area is 148 Å². The van der Waals surface area contributed by atoms with Gasteiger partial charge in [0.05, 0.1) is 0 Å². The first-order valence-electron chi connectivity index (χ1n) is 8.73. The van der Waals surface area contributed by atoms with Crippen molar-refractivity contribution in [3.05, 3.63) is 41.5 Å². The standard InChI is InChI=1S/C19H28F2N2O2/c1-15(2)7-9-23-11-10-22(14-17(23)8-12-24)13-16-5-3-4-6-18(16)25-19(20)21/h3-7,17,19,24H,8-14H2,1-2H3/t17-/m0/s1. The van der Waals surface area contributed by atoms with Crippen LogP contribution in [0.25, 0.3) is 0 Å². The SMILES string of the molecule is CC(C)=CCN1CCN(Cc2ccccc2OC(F)F)C[C@@H]1CCO. The van der Waals surface area contributed by atoms with Gasteiger partial charge >= 0.3 is 6.61 Å². The van der Waals surface area contributed by atoms with Crippen molar-refractivity contribution in [2.45, 2.75) is 39.5 Å². The Balaban J connectivity index is 2.01. The number of aliphatic hydroxyl groups excluding tert-OH is 1. The molecule has 0 amide bonds. The second-order valence-electron chi connectivity index (χ2n) is 6.66. The van der Waals surface area contributed by atoms with E-state index in [0.29, 0.717) is 13.0 Å². The summed E-state index contributed by atoms with van der Waals surface area (Å²) in [6.45, 7) is 5.51. The second-order valence-corrected chi connectivity index (χ2v) is 6.66. The van der Waals surface area contributed by atoms with Crippen LogP contribution in [0.4, 0.5) is 8.78 Å². The van der Waals surface area contributed by atoms with E-state index in [0.717, 1.165) is 31.7 Å². The average Bonchev–Trinajstić information content (AvgIpc) is 2.55. The third-order valence-electron chi connectivity index (χ3n) is 4.47. The van der Waals surface area contributed by atoms with Crippen molar-refractivity contribution in [2.75, 3.05) is 32.8 Å². The van der Waals surface area contributed by atoms with E-state index in [1.807, 2.05) is 12.1 Å². The maximum atomic E-state index is 12.6. The fourth-order valence-electron chi connectivity index (χ4n) is 3.15. The molecule has 1 atom stereocenters. The van der Waals surface area contributed by atoms with Crippen molar-refractivity contribution >= 4 is 0 Å². The molecule has 1 N–H and O–H groups in total. The zero-order valence-electron chi connectivity index (χ0n) is 15.0. The molecule has 0 aromatic heterocycles. The summed E-state index contributed by atoms with van der Waals surface area (Å²) in [5.74, 6) is 0.239. The van der Waals surface area contributed by atoms with Crippen LogP contribution in [0, 0.1) is 0 Å². The summed E-state index contributed by atoms with van der Waals surface area (Å²) in [6, 6.07) is 7.21. The van der Waals surface area contributed by atoms with Crippen molar-refractivity contribution < 1.29 is 18.6 Å². The van der Waals surface area contributed by atoms with E-state index in [2.05, 4.69) is 34.5 Å². The van der Waals surface area contributed by atoms with Gasteiger partial charge in [0.2, 0.25) is 0 Å². The highest BCUT2D eigenvalue weighted by Crippen LogP contribution is 2.23. The van der Waals surface area contributed by atoms with Crippen molar-refractivity contribution in [1.82, 2.24) is 9.80 Å². The number of allylic oxidation sites excluding steroid dienone is 1. The Morgan fingerprint density at radius 2 is 2.08 bits per heavy atom. The lowest BCUT2D eigenvalue weighted by molar-refractivity contribution is -0.0510. The topological polar surface area (TPSA) is 35.9 Å². The summed E-state index contributed by atoms with van der Waals surface area (Å²) >= 11 is 0. The number of benzene rings is 1. The highest BCUT2D eigenvalue weighted by Gasteiger charge is 2.26. The first-order valence-corrected chi connectivity index (χ1v) is 8.73. The van der Waals surface area contributed by atoms with Gasteiger partial charge in [-0.25, -0.2) is 0 Å². The Morgan fingerprint density at radius 3 is 2.76 bits per heavy atom. The minimum absolute atomic E-state index is 0.148. The third-order valence-corrected chi connectivity index (χ3v) is 4.47. The molecule has 6 heteroatoms. The summed E-state index contributed by atoms with van der Waals surface area (Å²) in [4.78, 5) is 4.62. The molecule has 1 aromatic carbocycles. The summed E-state index contributed by atoms with van der Waals surface area (Å²) < 4.78 is 29.8. The number of aliphatic hydroxyl groups is 1. The van der Waals surface area contributed by atoms with Crippen LogP contribution >= 0.6 is 0 Å². The van der Waals surface area contributed by atoms with E-state index >= 15 is 0 Å². The van der Waals surface area contributed by atoms with E-state index in [1.165, 1.54) is 5.57 Å². The van der Waals surface area contributed by atoms with Crippen molar-refractivity contribution in [3.63, 3.8) is 0 Å². The smallest absolute Gasteiger partial charge is 0.387 e. The molecule has 1 aliphatic rings. The van der Waals surface area contributed by atoms with Crippen LogP contribution < -0.4 is 4.74 Å². The van der Waals surface area contributed by atoms with Crippen molar-refractivity contribution in [3.8, 4) is 5.75 Å². The third kappa shape index (κ3) is 6.38. The Bertz CT molecular complexity index is 562. The van der Waals surface area contributed by atoms with Gasteiger partial charge in [-0.15, -0.1) is 0 Å². The quantitative estimate of drug-likeness (QED) is 0.728. The van der Waals surface area contributed by atoms with Crippen molar-refractivity contribution in [2.24, 2.45) is 0 Å². The molecule has 0 spiro atoms. The van der Waals surface area contributed by atoms with E-state index in [-0.39, 0.29) is 18.4 Å². The van der Waals surface area contributed by atoms with Gasteiger partial charge < -0.3 is 9.84 Å². The molecule has 1 saturated heterocycles. The largest absolute Gasteiger partial charge is 0.434 e. The number of ether oxygens (including phenoxy) is 1.